The zero-order valence-corrected chi connectivity index (χ0v) is 17.6. The van der Waals surface area contributed by atoms with Gasteiger partial charge in [-0.1, -0.05) is 30.9 Å². The first-order valence-corrected chi connectivity index (χ1v) is 10.3. The van der Waals surface area contributed by atoms with Gasteiger partial charge in [0, 0.05) is 29.6 Å². The number of anilines is 1. The van der Waals surface area contributed by atoms with Crippen molar-refractivity contribution in [2.24, 2.45) is 5.73 Å². The molecule has 0 unspecified atom stereocenters. The third-order valence-corrected chi connectivity index (χ3v) is 5.81. The van der Waals surface area contributed by atoms with Crippen LogP contribution in [0.4, 0.5) is 14.5 Å². The van der Waals surface area contributed by atoms with Gasteiger partial charge in [0.25, 0.3) is 11.8 Å². The molecular weight excluding hydrogens is 412 g/mol. The normalized spacial score (nSPS) is 15.3. The van der Waals surface area contributed by atoms with E-state index >= 15 is 0 Å². The maximum absolute atomic E-state index is 13.8. The molecule has 0 atom stereocenters. The Hall–Kier alpha value is -3.74. The number of hydrogen-bond donors (Lipinski definition) is 2. The molecule has 0 saturated carbocycles. The number of halogens is 2. The Morgan fingerprint density at radius 3 is 2.62 bits per heavy atom. The Kier molecular flexibility index (Phi) is 5.42. The molecule has 5 nitrogen and oxygen atoms in total. The quantitative estimate of drug-likeness (QED) is 0.529. The van der Waals surface area contributed by atoms with Crippen LogP contribution in [0.1, 0.15) is 40.9 Å². The van der Waals surface area contributed by atoms with Gasteiger partial charge >= 0.3 is 0 Å². The fraction of sp³-hybridized carbons (Fsp3) is 0.200. The molecular formula is C25H23F2N3O2. The van der Waals surface area contributed by atoms with Crippen LogP contribution in [0.5, 0.6) is 0 Å². The summed E-state index contributed by atoms with van der Waals surface area (Å²) in [5.74, 6) is -3.65. The van der Waals surface area contributed by atoms with E-state index in [0.717, 1.165) is 22.2 Å². The zero-order chi connectivity index (χ0) is 23.0. The number of aromatic nitrogens is 1. The first-order chi connectivity index (χ1) is 15.2. The zero-order valence-electron chi connectivity index (χ0n) is 17.6. The topological polar surface area (TPSA) is 77.1 Å². The molecule has 164 valence electrons. The number of allylic oxidation sites excluding steroid dienone is 2. The van der Waals surface area contributed by atoms with Gasteiger partial charge in [-0.05, 0) is 54.8 Å². The lowest BCUT2D eigenvalue weighted by molar-refractivity contribution is -0.111. The fourth-order valence-electron chi connectivity index (χ4n) is 4.16. The van der Waals surface area contributed by atoms with Crippen LogP contribution >= 0.6 is 0 Å². The Morgan fingerprint density at radius 2 is 1.97 bits per heavy atom. The van der Waals surface area contributed by atoms with Crippen LogP contribution in [0.25, 0.3) is 22.2 Å². The number of para-hydroxylation sites is 1. The van der Waals surface area contributed by atoms with Crippen molar-refractivity contribution < 1.29 is 18.4 Å². The van der Waals surface area contributed by atoms with Crippen LogP contribution in [0, 0.1) is 6.92 Å². The van der Waals surface area contributed by atoms with E-state index in [1.54, 1.807) is 30.3 Å². The number of nitrogens with one attached hydrogen (secondary N) is 1. The van der Waals surface area contributed by atoms with Crippen molar-refractivity contribution in [1.82, 2.24) is 4.57 Å². The van der Waals surface area contributed by atoms with Crippen molar-refractivity contribution in [3.05, 3.63) is 78.0 Å². The first kappa shape index (κ1) is 21.5. The molecule has 3 N–H and O–H groups in total. The lowest BCUT2D eigenvalue weighted by Crippen LogP contribution is -2.19. The summed E-state index contributed by atoms with van der Waals surface area (Å²) in [6, 6.07) is 12.6. The second-order valence-electron chi connectivity index (χ2n) is 7.91. The molecule has 4 rings (SSSR count). The Bertz CT molecular complexity index is 1290. The first-order valence-electron chi connectivity index (χ1n) is 10.3. The summed E-state index contributed by atoms with van der Waals surface area (Å²) in [5.41, 5.74) is 10.1. The van der Waals surface area contributed by atoms with Crippen LogP contribution in [-0.4, -0.2) is 22.3 Å². The van der Waals surface area contributed by atoms with Crippen LogP contribution < -0.4 is 11.1 Å². The van der Waals surface area contributed by atoms with Crippen LogP contribution in [0.2, 0.25) is 0 Å². The van der Waals surface area contributed by atoms with Crippen molar-refractivity contribution in [2.75, 3.05) is 5.32 Å². The summed E-state index contributed by atoms with van der Waals surface area (Å²) in [6.07, 6.45) is 2.39. The van der Waals surface area contributed by atoms with Gasteiger partial charge in [-0.3, -0.25) is 9.59 Å². The van der Waals surface area contributed by atoms with Crippen LogP contribution in [0.3, 0.4) is 0 Å². The molecule has 1 aromatic heterocycles. The second kappa shape index (κ2) is 8.07. The molecule has 0 aliphatic heterocycles. The third kappa shape index (κ3) is 3.82. The molecule has 0 bridgehead atoms. The van der Waals surface area contributed by atoms with E-state index in [9.17, 15) is 18.4 Å². The number of primary amides is 1. The monoisotopic (exact) mass is 435 g/mol. The Morgan fingerprint density at radius 1 is 1.22 bits per heavy atom. The maximum atomic E-state index is 13.8. The minimum absolute atomic E-state index is 0.209. The van der Waals surface area contributed by atoms with Crippen molar-refractivity contribution in [1.29, 1.82) is 0 Å². The smallest absolute Gasteiger partial charge is 0.251 e. The van der Waals surface area contributed by atoms with Crippen LogP contribution in [0.15, 0.2) is 61.2 Å². The minimum Gasteiger partial charge on any atom is -0.366 e. The van der Waals surface area contributed by atoms with E-state index in [1.165, 1.54) is 6.08 Å². The van der Waals surface area contributed by atoms with Crippen molar-refractivity contribution in [3.63, 3.8) is 0 Å². The average Bonchev–Trinajstić information content (AvgIpc) is 3.14. The number of carbonyl (C=O) groups excluding carboxylic acids is 2. The highest BCUT2D eigenvalue weighted by molar-refractivity contribution is 6.07. The van der Waals surface area contributed by atoms with E-state index in [2.05, 4.69) is 11.9 Å². The number of nitrogens with zero attached hydrogens (tertiary/aromatic N) is 1. The highest BCUT2D eigenvalue weighted by Gasteiger charge is 2.32. The number of hydrogen-bond acceptors (Lipinski definition) is 2. The number of fused-ring (bicyclic) bond motifs is 1. The highest BCUT2D eigenvalue weighted by Crippen LogP contribution is 2.40. The molecule has 32 heavy (non-hydrogen) atoms. The SMILES string of the molecule is C=CC(=O)Nc1cccc(-n2c(C3=CCC(F)(F)CC3)cc3cccc(C(N)=O)c32)c1C. The highest BCUT2D eigenvalue weighted by atomic mass is 19.3. The van der Waals surface area contributed by atoms with Gasteiger partial charge in [-0.25, -0.2) is 8.78 Å². The number of nitrogens with two attached hydrogens (primary N) is 1. The number of alkyl halides is 2. The molecule has 1 aliphatic carbocycles. The second-order valence-corrected chi connectivity index (χ2v) is 7.91. The standard InChI is InChI=1S/C25H23F2N3O2/c1-3-22(31)29-19-8-5-9-20(15(19)2)30-21(16-10-12-25(26,27)13-11-16)14-17-6-4-7-18(23(17)30)24(28)32/h3-10,14H,1,11-13H2,2H3,(H2,28,32)(H,29,31). The lowest BCUT2D eigenvalue weighted by atomic mass is 9.94. The lowest BCUT2D eigenvalue weighted by Gasteiger charge is -2.23. The molecule has 0 saturated heterocycles. The van der Waals surface area contributed by atoms with Gasteiger partial charge in [-0.15, -0.1) is 0 Å². The van der Waals surface area contributed by atoms with Gasteiger partial charge in [0.15, 0.2) is 0 Å². The van der Waals surface area contributed by atoms with Crippen LogP contribution in [-0.2, 0) is 4.79 Å². The number of amides is 2. The van der Waals surface area contributed by atoms with Gasteiger partial charge in [-0.2, -0.15) is 0 Å². The summed E-state index contributed by atoms with van der Waals surface area (Å²) < 4.78 is 29.5. The molecule has 3 aromatic rings. The van der Waals surface area contributed by atoms with Gasteiger partial charge < -0.3 is 15.6 Å². The van der Waals surface area contributed by atoms with E-state index < -0.39 is 11.8 Å². The van der Waals surface area contributed by atoms with E-state index in [1.807, 2.05) is 29.7 Å². The Labute approximate surface area is 184 Å². The molecule has 0 spiro atoms. The van der Waals surface area contributed by atoms with Crippen molar-refractivity contribution in [2.45, 2.75) is 32.1 Å². The molecule has 1 aliphatic rings. The summed E-state index contributed by atoms with van der Waals surface area (Å²) in [7, 11) is 0. The molecule has 2 amide bonds. The minimum atomic E-state index is -2.72. The van der Waals surface area contributed by atoms with E-state index in [-0.39, 0.29) is 25.2 Å². The molecule has 0 fully saturated rings. The molecule has 2 aromatic carbocycles. The predicted octanol–water partition coefficient (Wildman–Crippen LogP) is 5.36. The summed E-state index contributed by atoms with van der Waals surface area (Å²) in [4.78, 5) is 24.1. The molecule has 0 radical (unpaired) electrons. The Balaban J connectivity index is 2.01. The molecule has 7 heteroatoms. The van der Waals surface area contributed by atoms with E-state index in [0.29, 0.717) is 22.5 Å². The van der Waals surface area contributed by atoms with Gasteiger partial charge in [0.2, 0.25) is 5.91 Å². The van der Waals surface area contributed by atoms with Crippen molar-refractivity contribution >= 4 is 34.0 Å². The largest absolute Gasteiger partial charge is 0.366 e. The number of carbonyl (C=O) groups is 2. The molecule has 1 heterocycles. The summed E-state index contributed by atoms with van der Waals surface area (Å²) in [6.45, 7) is 5.33. The average molecular weight is 435 g/mol. The number of rotatable bonds is 5. The summed E-state index contributed by atoms with van der Waals surface area (Å²) >= 11 is 0. The van der Waals surface area contributed by atoms with Gasteiger partial charge in [0.05, 0.1) is 16.8 Å². The van der Waals surface area contributed by atoms with Gasteiger partial charge in [0.1, 0.15) is 0 Å². The third-order valence-electron chi connectivity index (χ3n) is 5.81. The fourth-order valence-corrected chi connectivity index (χ4v) is 4.16. The maximum Gasteiger partial charge on any atom is 0.251 e. The van der Waals surface area contributed by atoms with E-state index in [4.69, 9.17) is 5.73 Å². The van der Waals surface area contributed by atoms with Crippen molar-refractivity contribution in [3.8, 4) is 5.69 Å². The summed E-state index contributed by atoms with van der Waals surface area (Å²) in [5, 5.41) is 3.55. The number of benzene rings is 2. The predicted molar refractivity (Wildman–Crippen MR) is 122 cm³/mol.